The molecular weight excluding hydrogens is 158 g/mol. The Kier molecular flexibility index (Phi) is 2.44. The van der Waals surface area contributed by atoms with Crippen LogP contribution in [0, 0.1) is 0 Å². The van der Waals surface area contributed by atoms with Crippen LogP contribution in [-0.2, 0) is 6.42 Å². The lowest BCUT2D eigenvalue weighted by molar-refractivity contribution is 0.739. The molecule has 1 aliphatic rings. The summed E-state index contributed by atoms with van der Waals surface area (Å²) in [6.07, 6.45) is 3.48. The van der Waals surface area contributed by atoms with Crippen molar-refractivity contribution in [1.82, 2.24) is 0 Å². The fourth-order valence-electron chi connectivity index (χ4n) is 1.78. The van der Waals surface area contributed by atoms with Crippen molar-refractivity contribution in [2.24, 2.45) is 4.99 Å². The summed E-state index contributed by atoms with van der Waals surface area (Å²) in [5.74, 6) is 0. The predicted octanol–water partition coefficient (Wildman–Crippen LogP) is 2.85. The summed E-state index contributed by atoms with van der Waals surface area (Å²) in [7, 11) is 0. The number of aliphatic imine (C=N–C) groups is 1. The molecule has 0 spiro atoms. The summed E-state index contributed by atoms with van der Waals surface area (Å²) in [6, 6.07) is 11.1. The fraction of sp³-hybridized carbons (Fsp3) is 0.417. The molecule has 1 unspecified atom stereocenters. The number of hydrogen-bond donors (Lipinski definition) is 0. The van der Waals surface area contributed by atoms with Crippen molar-refractivity contribution in [3.63, 3.8) is 0 Å². The Hall–Kier alpha value is -1.11. The average molecular weight is 173 g/mol. The molecule has 0 bridgehead atoms. The molecule has 0 saturated carbocycles. The van der Waals surface area contributed by atoms with E-state index in [1.54, 1.807) is 0 Å². The van der Waals surface area contributed by atoms with Crippen molar-refractivity contribution < 1.29 is 0 Å². The minimum atomic E-state index is 0.554. The van der Waals surface area contributed by atoms with E-state index in [0.717, 1.165) is 6.42 Å². The number of hydrogen-bond acceptors (Lipinski definition) is 1. The molecule has 0 amide bonds. The molecule has 1 atom stereocenters. The molecule has 0 radical (unpaired) electrons. The molecular formula is C12H15N. The van der Waals surface area contributed by atoms with Gasteiger partial charge in [0, 0.05) is 18.2 Å². The molecule has 68 valence electrons. The quantitative estimate of drug-likeness (QED) is 0.652. The third-order valence-corrected chi connectivity index (χ3v) is 2.50. The third kappa shape index (κ3) is 2.18. The van der Waals surface area contributed by atoms with Gasteiger partial charge >= 0.3 is 0 Å². The Morgan fingerprint density at radius 1 is 1.31 bits per heavy atom. The van der Waals surface area contributed by atoms with Crippen LogP contribution in [0.4, 0.5) is 0 Å². The van der Waals surface area contributed by atoms with Crippen LogP contribution in [0.5, 0.6) is 0 Å². The van der Waals surface area contributed by atoms with Crippen LogP contribution in [0.3, 0.4) is 0 Å². The predicted molar refractivity (Wildman–Crippen MR) is 56.3 cm³/mol. The van der Waals surface area contributed by atoms with E-state index in [2.05, 4.69) is 42.2 Å². The summed E-state index contributed by atoms with van der Waals surface area (Å²) in [5, 5.41) is 0. The lowest BCUT2D eigenvalue weighted by atomic mass is 10.1. The maximum Gasteiger partial charge on any atom is 0.0474 e. The zero-order valence-corrected chi connectivity index (χ0v) is 8.03. The molecule has 1 aliphatic heterocycles. The second-order valence-electron chi connectivity index (χ2n) is 3.75. The van der Waals surface area contributed by atoms with Gasteiger partial charge in [0.2, 0.25) is 0 Å². The van der Waals surface area contributed by atoms with Gasteiger partial charge in [-0.1, -0.05) is 30.3 Å². The van der Waals surface area contributed by atoms with E-state index < -0.39 is 0 Å². The van der Waals surface area contributed by atoms with E-state index in [-0.39, 0.29) is 0 Å². The minimum Gasteiger partial charge on any atom is -0.291 e. The normalized spacial score (nSPS) is 21.6. The highest BCUT2D eigenvalue weighted by molar-refractivity contribution is 5.88. The van der Waals surface area contributed by atoms with Gasteiger partial charge in [0.05, 0.1) is 0 Å². The van der Waals surface area contributed by atoms with Gasteiger partial charge in [0.15, 0.2) is 0 Å². The SMILES string of the molecule is CC1CCC(Cc2ccccc2)=N1. The molecule has 1 aromatic rings. The molecule has 0 aliphatic carbocycles. The smallest absolute Gasteiger partial charge is 0.0474 e. The Bertz CT molecular complexity index is 300. The highest BCUT2D eigenvalue weighted by atomic mass is 14.8. The van der Waals surface area contributed by atoms with Crippen LogP contribution in [0.2, 0.25) is 0 Å². The number of benzene rings is 1. The second-order valence-corrected chi connectivity index (χ2v) is 3.75. The average Bonchev–Trinajstić information content (AvgIpc) is 2.53. The summed E-state index contributed by atoms with van der Waals surface area (Å²) < 4.78 is 0. The molecule has 1 nitrogen and oxygen atoms in total. The molecule has 1 heteroatoms. The van der Waals surface area contributed by atoms with Gasteiger partial charge in [0.1, 0.15) is 0 Å². The molecule has 2 rings (SSSR count). The van der Waals surface area contributed by atoms with Gasteiger partial charge < -0.3 is 0 Å². The Morgan fingerprint density at radius 2 is 2.08 bits per heavy atom. The first kappa shape index (κ1) is 8.49. The molecule has 0 aromatic heterocycles. The van der Waals surface area contributed by atoms with Gasteiger partial charge in [-0.2, -0.15) is 0 Å². The zero-order valence-electron chi connectivity index (χ0n) is 8.03. The van der Waals surface area contributed by atoms with Gasteiger partial charge in [-0.05, 0) is 25.3 Å². The van der Waals surface area contributed by atoms with Gasteiger partial charge in [-0.25, -0.2) is 0 Å². The summed E-state index contributed by atoms with van der Waals surface area (Å²) in [5.41, 5.74) is 2.76. The van der Waals surface area contributed by atoms with Crippen molar-refractivity contribution in [3.05, 3.63) is 35.9 Å². The summed E-state index contributed by atoms with van der Waals surface area (Å²) in [4.78, 5) is 4.60. The zero-order chi connectivity index (χ0) is 9.10. The van der Waals surface area contributed by atoms with Crippen LogP contribution in [-0.4, -0.2) is 11.8 Å². The first-order valence-corrected chi connectivity index (χ1v) is 4.94. The number of rotatable bonds is 2. The highest BCUT2D eigenvalue weighted by Crippen LogP contribution is 2.15. The van der Waals surface area contributed by atoms with E-state index >= 15 is 0 Å². The number of nitrogens with zero attached hydrogens (tertiary/aromatic N) is 1. The minimum absolute atomic E-state index is 0.554. The van der Waals surface area contributed by atoms with Gasteiger partial charge in [0.25, 0.3) is 0 Å². The Morgan fingerprint density at radius 3 is 2.69 bits per heavy atom. The summed E-state index contributed by atoms with van der Waals surface area (Å²) in [6.45, 7) is 2.19. The van der Waals surface area contributed by atoms with E-state index in [1.165, 1.54) is 24.1 Å². The molecule has 0 saturated heterocycles. The lowest BCUT2D eigenvalue weighted by Gasteiger charge is -1.99. The topological polar surface area (TPSA) is 12.4 Å². The third-order valence-electron chi connectivity index (χ3n) is 2.50. The van der Waals surface area contributed by atoms with Gasteiger partial charge in [-0.3, -0.25) is 4.99 Å². The first-order chi connectivity index (χ1) is 6.34. The van der Waals surface area contributed by atoms with Crippen LogP contribution < -0.4 is 0 Å². The van der Waals surface area contributed by atoms with Crippen molar-refractivity contribution >= 4 is 5.71 Å². The van der Waals surface area contributed by atoms with Crippen molar-refractivity contribution in [3.8, 4) is 0 Å². The molecule has 13 heavy (non-hydrogen) atoms. The largest absolute Gasteiger partial charge is 0.291 e. The van der Waals surface area contributed by atoms with E-state index in [9.17, 15) is 0 Å². The van der Waals surface area contributed by atoms with Crippen LogP contribution in [0.1, 0.15) is 25.3 Å². The molecule has 0 fully saturated rings. The van der Waals surface area contributed by atoms with Crippen LogP contribution >= 0.6 is 0 Å². The molecule has 1 aromatic carbocycles. The maximum atomic E-state index is 4.60. The van der Waals surface area contributed by atoms with E-state index in [1.807, 2.05) is 0 Å². The van der Waals surface area contributed by atoms with Crippen LogP contribution in [0.25, 0.3) is 0 Å². The van der Waals surface area contributed by atoms with Crippen molar-refractivity contribution in [2.45, 2.75) is 32.2 Å². The lowest BCUT2D eigenvalue weighted by Crippen LogP contribution is -1.98. The van der Waals surface area contributed by atoms with Crippen molar-refractivity contribution in [2.75, 3.05) is 0 Å². The molecule has 0 N–H and O–H groups in total. The Balaban J connectivity index is 2.03. The maximum absolute atomic E-state index is 4.60. The van der Waals surface area contributed by atoms with Gasteiger partial charge in [-0.15, -0.1) is 0 Å². The summed E-state index contributed by atoms with van der Waals surface area (Å²) >= 11 is 0. The van der Waals surface area contributed by atoms with Crippen molar-refractivity contribution in [1.29, 1.82) is 0 Å². The highest BCUT2D eigenvalue weighted by Gasteiger charge is 2.12. The van der Waals surface area contributed by atoms with E-state index in [0.29, 0.717) is 6.04 Å². The molecule has 1 heterocycles. The fourth-order valence-corrected chi connectivity index (χ4v) is 1.78. The standard InChI is InChI=1S/C12H15N/c1-10-7-8-12(13-10)9-11-5-3-2-4-6-11/h2-6,10H,7-9H2,1H3. The monoisotopic (exact) mass is 173 g/mol. The van der Waals surface area contributed by atoms with Crippen LogP contribution in [0.15, 0.2) is 35.3 Å². The Labute approximate surface area is 79.5 Å². The second kappa shape index (κ2) is 3.73. The first-order valence-electron chi connectivity index (χ1n) is 4.94. The van der Waals surface area contributed by atoms with E-state index in [4.69, 9.17) is 0 Å².